The maximum atomic E-state index is 5.51. The summed E-state index contributed by atoms with van der Waals surface area (Å²) in [4.78, 5) is 3.74. The third kappa shape index (κ3) is 2.14. The van der Waals surface area contributed by atoms with Crippen LogP contribution in [0.25, 0.3) is 11.7 Å². The normalized spacial score (nSPS) is 11.9. The van der Waals surface area contributed by atoms with Crippen molar-refractivity contribution >= 4 is 40.8 Å². The topological polar surface area (TPSA) is 104 Å². The second kappa shape index (κ2) is 3.51. The van der Waals surface area contributed by atoms with Crippen LogP contribution in [-0.4, -0.2) is 20.3 Å². The van der Waals surface area contributed by atoms with Crippen molar-refractivity contribution in [3.05, 3.63) is 5.89 Å². The molecule has 0 atom stereocenters. The van der Waals surface area contributed by atoms with Gasteiger partial charge in [-0.1, -0.05) is 45.1 Å². The van der Waals surface area contributed by atoms with Crippen molar-refractivity contribution in [1.29, 1.82) is 0 Å². The highest BCUT2D eigenvalue weighted by Gasteiger charge is 2.31. The number of nitrogen functional groups attached to an aromatic ring is 1. The fraction of sp³-hybridized carbons (Fsp3) is 0.200. The summed E-state index contributed by atoms with van der Waals surface area (Å²) in [6, 6.07) is -0.120. The van der Waals surface area contributed by atoms with Crippen molar-refractivity contribution in [2.75, 3.05) is 5.73 Å². The van der Waals surface area contributed by atoms with Crippen LogP contribution in [0.1, 0.15) is 5.89 Å². The van der Waals surface area contributed by atoms with Gasteiger partial charge >= 0.3 is 6.01 Å². The Hall–Kier alpha value is -1.05. The highest BCUT2D eigenvalue weighted by molar-refractivity contribution is 6.66. The summed E-state index contributed by atoms with van der Waals surface area (Å²) in [6.07, 6.45) is 0. The van der Waals surface area contributed by atoms with Gasteiger partial charge in [-0.25, -0.2) is 0 Å². The Morgan fingerprint density at radius 1 is 1.20 bits per heavy atom. The van der Waals surface area contributed by atoms with E-state index in [0.29, 0.717) is 0 Å². The highest BCUT2D eigenvalue weighted by atomic mass is 35.6. The standard InChI is InChI=1S/C5H2Cl3N5O2/c6-5(7,8)3-10-1(13-15-3)2-11-12-4(9)14-2/h(H2,9,12). The molecule has 0 aliphatic rings. The third-order valence-electron chi connectivity index (χ3n) is 1.30. The van der Waals surface area contributed by atoms with Crippen LogP contribution in [0.3, 0.4) is 0 Å². The molecule has 2 heterocycles. The molecular weight excluding hydrogens is 268 g/mol. The Morgan fingerprint density at radius 3 is 2.40 bits per heavy atom. The van der Waals surface area contributed by atoms with Gasteiger partial charge in [0.25, 0.3) is 21.4 Å². The molecule has 0 aromatic carbocycles. The molecule has 0 aliphatic carbocycles. The van der Waals surface area contributed by atoms with Gasteiger partial charge in [0, 0.05) is 0 Å². The number of hydrogen-bond acceptors (Lipinski definition) is 7. The van der Waals surface area contributed by atoms with Crippen LogP contribution in [0.15, 0.2) is 8.94 Å². The summed E-state index contributed by atoms with van der Waals surface area (Å²) in [7, 11) is 0. The van der Waals surface area contributed by atoms with Gasteiger partial charge in [-0.15, -0.1) is 5.10 Å². The fourth-order valence-electron chi connectivity index (χ4n) is 0.750. The molecule has 0 fully saturated rings. The lowest BCUT2D eigenvalue weighted by Crippen LogP contribution is -1.99. The van der Waals surface area contributed by atoms with Gasteiger partial charge < -0.3 is 14.7 Å². The van der Waals surface area contributed by atoms with E-state index >= 15 is 0 Å². The Labute approximate surface area is 97.5 Å². The predicted molar refractivity (Wildman–Crippen MR) is 51.2 cm³/mol. The van der Waals surface area contributed by atoms with Crippen molar-refractivity contribution in [1.82, 2.24) is 20.3 Å². The fourth-order valence-corrected chi connectivity index (χ4v) is 0.981. The van der Waals surface area contributed by atoms with Crippen LogP contribution < -0.4 is 5.73 Å². The first-order valence-electron chi connectivity index (χ1n) is 3.47. The van der Waals surface area contributed by atoms with E-state index in [1.54, 1.807) is 0 Å². The van der Waals surface area contributed by atoms with E-state index in [1.807, 2.05) is 0 Å². The SMILES string of the molecule is Nc1nnc(-c2noc(C(Cl)(Cl)Cl)n2)o1. The second-order valence-corrected chi connectivity index (χ2v) is 4.65. The lowest BCUT2D eigenvalue weighted by Gasteiger charge is -2.00. The van der Waals surface area contributed by atoms with E-state index in [1.165, 1.54) is 0 Å². The van der Waals surface area contributed by atoms with Gasteiger partial charge in [0.05, 0.1) is 0 Å². The summed E-state index contributed by atoms with van der Waals surface area (Å²) in [5.41, 5.74) is 5.20. The molecule has 2 aromatic rings. The molecule has 2 N–H and O–H groups in total. The summed E-state index contributed by atoms with van der Waals surface area (Å²) in [6.45, 7) is 0. The van der Waals surface area contributed by atoms with Crippen molar-refractivity contribution in [3.8, 4) is 11.7 Å². The zero-order valence-electron chi connectivity index (χ0n) is 6.82. The molecule has 7 nitrogen and oxygen atoms in total. The zero-order valence-corrected chi connectivity index (χ0v) is 9.08. The number of hydrogen-bond donors (Lipinski definition) is 1. The first-order chi connectivity index (χ1) is 6.97. The number of nitrogens with two attached hydrogens (primary N) is 1. The Morgan fingerprint density at radius 2 is 1.93 bits per heavy atom. The van der Waals surface area contributed by atoms with Gasteiger partial charge in [-0.05, 0) is 0 Å². The van der Waals surface area contributed by atoms with Crippen LogP contribution >= 0.6 is 34.8 Å². The molecule has 0 saturated heterocycles. The lowest BCUT2D eigenvalue weighted by atomic mass is 10.6. The van der Waals surface area contributed by atoms with Crippen LogP contribution in [-0.2, 0) is 3.79 Å². The Balaban J connectivity index is 2.36. The minimum absolute atomic E-state index is 0.000486. The third-order valence-corrected chi connectivity index (χ3v) is 1.79. The maximum Gasteiger partial charge on any atom is 0.313 e. The van der Waals surface area contributed by atoms with Gasteiger partial charge in [0.15, 0.2) is 0 Å². The summed E-state index contributed by atoms with van der Waals surface area (Å²) in [5.74, 6) is -0.212. The average molecular weight is 270 g/mol. The predicted octanol–water partition coefficient (Wildman–Crippen LogP) is 1.53. The Kier molecular flexibility index (Phi) is 2.45. The molecule has 80 valence electrons. The number of nitrogens with zero attached hydrogens (tertiary/aromatic N) is 4. The van der Waals surface area contributed by atoms with Crippen molar-refractivity contribution in [2.24, 2.45) is 0 Å². The zero-order chi connectivity index (χ0) is 11.1. The summed E-state index contributed by atoms with van der Waals surface area (Å²) < 4.78 is 7.71. The molecule has 15 heavy (non-hydrogen) atoms. The molecule has 0 aliphatic heterocycles. The largest absolute Gasteiger partial charge is 0.400 e. The molecule has 0 radical (unpaired) electrons. The monoisotopic (exact) mass is 269 g/mol. The minimum Gasteiger partial charge on any atom is -0.400 e. The molecule has 2 aromatic heterocycles. The smallest absolute Gasteiger partial charge is 0.313 e. The van der Waals surface area contributed by atoms with Gasteiger partial charge in [-0.2, -0.15) is 4.98 Å². The molecule has 0 bridgehead atoms. The lowest BCUT2D eigenvalue weighted by molar-refractivity contribution is 0.381. The molecule has 2 rings (SSSR count). The van der Waals surface area contributed by atoms with Crippen LogP contribution in [0.2, 0.25) is 0 Å². The van der Waals surface area contributed by atoms with E-state index in [4.69, 9.17) is 45.0 Å². The van der Waals surface area contributed by atoms with Gasteiger partial charge in [-0.3, -0.25) is 0 Å². The molecule has 10 heteroatoms. The maximum absolute atomic E-state index is 5.51. The summed E-state index contributed by atoms with van der Waals surface area (Å²) in [5, 5.41) is 10.4. The molecular formula is C5H2Cl3N5O2. The number of aromatic nitrogens is 4. The van der Waals surface area contributed by atoms with E-state index < -0.39 is 3.79 Å². The number of halogens is 3. The van der Waals surface area contributed by atoms with E-state index in [0.717, 1.165) is 0 Å². The molecule has 0 saturated carbocycles. The van der Waals surface area contributed by atoms with Crippen molar-refractivity contribution in [2.45, 2.75) is 3.79 Å². The summed E-state index contributed by atoms with van der Waals surface area (Å²) >= 11 is 16.5. The number of alkyl halides is 3. The number of anilines is 1. The van der Waals surface area contributed by atoms with Gasteiger partial charge in [0.1, 0.15) is 0 Å². The molecule has 0 spiro atoms. The molecule has 0 amide bonds. The van der Waals surface area contributed by atoms with Crippen LogP contribution in [0.4, 0.5) is 6.01 Å². The van der Waals surface area contributed by atoms with E-state index in [2.05, 4.69) is 24.9 Å². The Bertz CT molecular complexity index is 475. The molecule has 0 unspecified atom stereocenters. The van der Waals surface area contributed by atoms with Gasteiger partial charge in [0.2, 0.25) is 0 Å². The second-order valence-electron chi connectivity index (χ2n) is 2.37. The average Bonchev–Trinajstić information content (AvgIpc) is 2.69. The van der Waals surface area contributed by atoms with E-state index in [-0.39, 0.29) is 23.6 Å². The van der Waals surface area contributed by atoms with Crippen LogP contribution in [0.5, 0.6) is 0 Å². The van der Waals surface area contributed by atoms with E-state index in [9.17, 15) is 0 Å². The first-order valence-corrected chi connectivity index (χ1v) is 4.60. The quantitative estimate of drug-likeness (QED) is 0.783. The highest BCUT2D eigenvalue weighted by Crippen LogP contribution is 2.37. The van der Waals surface area contributed by atoms with Crippen LogP contribution in [0, 0.1) is 0 Å². The van der Waals surface area contributed by atoms with Crippen molar-refractivity contribution in [3.63, 3.8) is 0 Å². The van der Waals surface area contributed by atoms with Crippen molar-refractivity contribution < 1.29 is 8.94 Å². The first kappa shape index (κ1) is 10.5. The number of rotatable bonds is 1. The minimum atomic E-state index is -1.79.